The van der Waals surface area contributed by atoms with Gasteiger partial charge in [-0.25, -0.2) is 0 Å². The van der Waals surface area contributed by atoms with E-state index in [2.05, 4.69) is 11.8 Å². The number of para-hydroxylation sites is 1. The predicted molar refractivity (Wildman–Crippen MR) is 77.6 cm³/mol. The van der Waals surface area contributed by atoms with E-state index in [1.165, 1.54) is 11.3 Å². The van der Waals surface area contributed by atoms with Crippen LogP contribution in [0, 0.1) is 11.8 Å². The van der Waals surface area contributed by atoms with Gasteiger partial charge >= 0.3 is 0 Å². The van der Waals surface area contributed by atoms with Gasteiger partial charge in [0, 0.05) is 5.56 Å². The van der Waals surface area contributed by atoms with Crippen LogP contribution in [0.2, 0.25) is 0 Å². The van der Waals surface area contributed by atoms with Gasteiger partial charge in [0.05, 0.1) is 10.4 Å². The molecule has 0 bridgehead atoms. The molecule has 0 radical (unpaired) electrons. The highest BCUT2D eigenvalue weighted by Gasteiger charge is 2.09. The molecule has 0 aliphatic heterocycles. The van der Waals surface area contributed by atoms with Crippen molar-refractivity contribution in [1.29, 1.82) is 0 Å². The summed E-state index contributed by atoms with van der Waals surface area (Å²) < 4.78 is 5.64. The highest BCUT2D eigenvalue weighted by Crippen LogP contribution is 2.22. The van der Waals surface area contributed by atoms with Crippen LogP contribution in [0.1, 0.15) is 20.8 Å². The number of thiophene rings is 1. The highest BCUT2D eigenvalue weighted by atomic mass is 32.1. The van der Waals surface area contributed by atoms with Gasteiger partial charge < -0.3 is 15.6 Å². The molecule has 0 unspecified atom stereocenters. The Balaban J connectivity index is 2.14. The number of carbonyl (C=O) groups excluding carboxylic acids is 1. The summed E-state index contributed by atoms with van der Waals surface area (Å²) in [6.45, 7) is 0.123. The molecule has 0 spiro atoms. The SMILES string of the molecule is NC(=O)c1ccccc1OCc1sccc1C#CCO. The smallest absolute Gasteiger partial charge is 0.252 e. The summed E-state index contributed by atoms with van der Waals surface area (Å²) in [5.41, 5.74) is 6.47. The van der Waals surface area contributed by atoms with E-state index >= 15 is 0 Å². The van der Waals surface area contributed by atoms with Crippen LogP contribution in [0.5, 0.6) is 5.75 Å². The summed E-state index contributed by atoms with van der Waals surface area (Å²) in [5, 5.41) is 10.6. The number of benzene rings is 1. The monoisotopic (exact) mass is 287 g/mol. The average Bonchev–Trinajstić information content (AvgIpc) is 2.90. The lowest BCUT2D eigenvalue weighted by Gasteiger charge is -2.08. The Hall–Kier alpha value is -2.29. The number of nitrogens with two attached hydrogens (primary N) is 1. The van der Waals surface area contributed by atoms with Gasteiger partial charge in [0.25, 0.3) is 5.91 Å². The van der Waals surface area contributed by atoms with Gasteiger partial charge in [-0.1, -0.05) is 24.0 Å². The van der Waals surface area contributed by atoms with Crippen molar-refractivity contribution in [2.45, 2.75) is 6.61 Å². The fourth-order valence-electron chi connectivity index (χ4n) is 1.64. The van der Waals surface area contributed by atoms with Gasteiger partial charge in [-0.05, 0) is 23.6 Å². The molecule has 1 aromatic heterocycles. The first-order valence-corrected chi connectivity index (χ1v) is 6.78. The maximum atomic E-state index is 11.3. The number of aliphatic hydroxyl groups is 1. The molecule has 20 heavy (non-hydrogen) atoms. The Kier molecular flexibility index (Phi) is 4.77. The molecule has 1 amide bonds. The molecule has 102 valence electrons. The van der Waals surface area contributed by atoms with E-state index in [0.717, 1.165) is 10.4 Å². The Bertz CT molecular complexity index is 667. The molecule has 0 aliphatic carbocycles. The maximum Gasteiger partial charge on any atom is 0.252 e. The van der Waals surface area contributed by atoms with Crippen molar-refractivity contribution >= 4 is 17.2 Å². The van der Waals surface area contributed by atoms with Crippen molar-refractivity contribution in [1.82, 2.24) is 0 Å². The Morgan fingerprint density at radius 3 is 2.90 bits per heavy atom. The molecule has 2 rings (SSSR count). The molecule has 0 saturated carbocycles. The summed E-state index contributed by atoms with van der Waals surface area (Å²) in [4.78, 5) is 12.2. The first-order valence-electron chi connectivity index (χ1n) is 5.90. The number of hydrogen-bond acceptors (Lipinski definition) is 4. The summed E-state index contributed by atoms with van der Waals surface area (Å²) in [6, 6.07) is 8.70. The molecule has 1 aromatic carbocycles. The molecular formula is C15H13NO3S. The van der Waals surface area contributed by atoms with Gasteiger partial charge in [0.1, 0.15) is 19.0 Å². The van der Waals surface area contributed by atoms with Gasteiger partial charge in [-0.15, -0.1) is 11.3 Å². The van der Waals surface area contributed by atoms with E-state index in [1.54, 1.807) is 24.3 Å². The summed E-state index contributed by atoms with van der Waals surface area (Å²) >= 11 is 1.51. The van der Waals surface area contributed by atoms with Crippen LogP contribution < -0.4 is 10.5 Å². The third-order valence-electron chi connectivity index (χ3n) is 2.56. The highest BCUT2D eigenvalue weighted by molar-refractivity contribution is 7.10. The van der Waals surface area contributed by atoms with Crippen LogP contribution >= 0.6 is 11.3 Å². The number of hydrogen-bond donors (Lipinski definition) is 2. The second-order valence-electron chi connectivity index (χ2n) is 3.87. The zero-order valence-corrected chi connectivity index (χ0v) is 11.4. The number of aliphatic hydroxyl groups excluding tert-OH is 1. The van der Waals surface area contributed by atoms with Crippen LogP contribution in [0.4, 0.5) is 0 Å². The number of amides is 1. The van der Waals surface area contributed by atoms with Crippen LogP contribution in [0.25, 0.3) is 0 Å². The third-order valence-corrected chi connectivity index (χ3v) is 3.45. The first kappa shape index (κ1) is 14.1. The average molecular weight is 287 g/mol. The van der Waals surface area contributed by atoms with E-state index in [0.29, 0.717) is 17.9 Å². The lowest BCUT2D eigenvalue weighted by atomic mass is 10.2. The quantitative estimate of drug-likeness (QED) is 0.842. The maximum absolute atomic E-state index is 11.3. The predicted octanol–water partition coefficient (Wildman–Crippen LogP) is 1.77. The molecule has 5 heteroatoms. The Morgan fingerprint density at radius 2 is 2.15 bits per heavy atom. The summed E-state index contributed by atoms with van der Waals surface area (Å²) in [6.07, 6.45) is 0. The van der Waals surface area contributed by atoms with E-state index in [4.69, 9.17) is 15.6 Å². The molecular weight excluding hydrogens is 274 g/mol. The van der Waals surface area contributed by atoms with Crippen LogP contribution in [-0.4, -0.2) is 17.6 Å². The van der Waals surface area contributed by atoms with Crippen LogP contribution in [-0.2, 0) is 6.61 Å². The topological polar surface area (TPSA) is 72.6 Å². The Labute approximate surface area is 120 Å². The van der Waals surface area contributed by atoms with Crippen molar-refractivity contribution < 1.29 is 14.6 Å². The van der Waals surface area contributed by atoms with Gasteiger partial charge in [-0.2, -0.15) is 0 Å². The van der Waals surface area contributed by atoms with Gasteiger partial charge in [0.15, 0.2) is 0 Å². The summed E-state index contributed by atoms with van der Waals surface area (Å²) in [7, 11) is 0. The molecule has 1 heterocycles. The normalized spacial score (nSPS) is 9.65. The zero-order chi connectivity index (χ0) is 14.4. The second-order valence-corrected chi connectivity index (χ2v) is 4.87. The fourth-order valence-corrected chi connectivity index (χ4v) is 2.38. The van der Waals surface area contributed by atoms with Crippen molar-refractivity contribution in [3.63, 3.8) is 0 Å². The first-order chi connectivity index (χ1) is 9.72. The molecule has 0 saturated heterocycles. The van der Waals surface area contributed by atoms with E-state index < -0.39 is 5.91 Å². The van der Waals surface area contributed by atoms with E-state index in [-0.39, 0.29) is 6.61 Å². The third kappa shape index (κ3) is 3.38. The number of primary amides is 1. The van der Waals surface area contributed by atoms with Crippen molar-refractivity contribution in [3.05, 3.63) is 51.7 Å². The molecule has 0 atom stereocenters. The second kappa shape index (κ2) is 6.75. The van der Waals surface area contributed by atoms with Gasteiger partial charge in [0.2, 0.25) is 0 Å². The minimum Gasteiger partial charge on any atom is -0.487 e. The largest absolute Gasteiger partial charge is 0.487 e. The van der Waals surface area contributed by atoms with E-state index in [1.807, 2.05) is 11.4 Å². The minimum absolute atomic E-state index is 0.180. The van der Waals surface area contributed by atoms with Crippen LogP contribution in [0.3, 0.4) is 0 Å². The fraction of sp³-hybridized carbons (Fsp3) is 0.133. The Morgan fingerprint density at radius 1 is 1.35 bits per heavy atom. The molecule has 0 aliphatic rings. The van der Waals surface area contributed by atoms with Gasteiger partial charge in [-0.3, -0.25) is 4.79 Å². The number of ether oxygens (including phenoxy) is 1. The standard InChI is InChI=1S/C15H13NO3S/c16-15(18)12-5-1-2-6-13(12)19-10-14-11(4-3-8-17)7-9-20-14/h1-2,5-7,9,17H,8,10H2,(H2,16,18). The van der Waals surface area contributed by atoms with Crippen molar-refractivity contribution in [3.8, 4) is 17.6 Å². The molecule has 3 N–H and O–H groups in total. The minimum atomic E-state index is -0.521. The summed E-state index contributed by atoms with van der Waals surface area (Å²) in [5.74, 6) is 5.39. The lowest BCUT2D eigenvalue weighted by molar-refractivity contribution is 0.0996. The number of carbonyl (C=O) groups is 1. The zero-order valence-electron chi connectivity index (χ0n) is 10.6. The van der Waals surface area contributed by atoms with Crippen LogP contribution in [0.15, 0.2) is 35.7 Å². The lowest BCUT2D eigenvalue weighted by Crippen LogP contribution is -2.12. The molecule has 0 fully saturated rings. The van der Waals surface area contributed by atoms with Crippen molar-refractivity contribution in [2.24, 2.45) is 5.73 Å². The van der Waals surface area contributed by atoms with Crippen molar-refractivity contribution in [2.75, 3.05) is 6.61 Å². The van der Waals surface area contributed by atoms with E-state index in [9.17, 15) is 4.79 Å². The molecule has 4 nitrogen and oxygen atoms in total. The number of rotatable bonds is 4. The molecule has 2 aromatic rings.